The molecule has 0 radical (unpaired) electrons. The second-order valence-corrected chi connectivity index (χ2v) is 13.1. The molecule has 4 aromatic rings. The predicted octanol–water partition coefficient (Wildman–Crippen LogP) is 12.6. The molecule has 0 N–H and O–H groups in total. The highest BCUT2D eigenvalue weighted by Crippen LogP contribution is 2.55. The molecule has 0 fully saturated rings. The van der Waals surface area contributed by atoms with Crippen molar-refractivity contribution in [3.8, 4) is 0 Å². The first-order valence-electron chi connectivity index (χ1n) is 13.6. The zero-order valence-electron chi connectivity index (χ0n) is 24.4. The molecule has 4 aromatic carbocycles. The van der Waals surface area contributed by atoms with Gasteiger partial charge in [-0.15, -0.1) is 0 Å². The van der Waals surface area contributed by atoms with Crippen LogP contribution >= 0.6 is 21.6 Å². The van der Waals surface area contributed by atoms with E-state index in [-0.39, 0.29) is 9.79 Å². The van der Waals surface area contributed by atoms with E-state index >= 15 is 8.78 Å². The third kappa shape index (κ3) is 8.16. The quantitative estimate of drug-likeness (QED) is 0.123. The van der Waals surface area contributed by atoms with E-state index in [2.05, 4.69) is 0 Å². The fourth-order valence-electron chi connectivity index (χ4n) is 5.49. The van der Waals surface area contributed by atoms with Crippen LogP contribution in [0.3, 0.4) is 0 Å². The van der Waals surface area contributed by atoms with E-state index in [1.165, 1.54) is 0 Å². The number of benzene rings is 4. The van der Waals surface area contributed by atoms with Crippen molar-refractivity contribution in [1.29, 1.82) is 0 Å². The largest absolute Gasteiger partial charge is 0.402 e. The Morgan fingerprint density at radius 1 is 0.400 bits per heavy atom. The Morgan fingerprint density at radius 3 is 0.940 bits per heavy atom. The minimum absolute atomic E-state index is 0.268. The Kier molecular flexibility index (Phi) is 10.9. The Bertz CT molecular complexity index is 1660. The van der Waals surface area contributed by atoms with Gasteiger partial charge < -0.3 is 0 Å². The predicted molar refractivity (Wildman–Crippen MR) is 152 cm³/mol. The average Bonchev–Trinajstić information content (AvgIpc) is 2.97. The highest BCUT2D eigenvalue weighted by Gasteiger charge is 2.63. The third-order valence-corrected chi connectivity index (χ3v) is 9.99. The highest BCUT2D eigenvalue weighted by atomic mass is 33.1. The van der Waals surface area contributed by atoms with E-state index < -0.39 is 93.9 Å². The van der Waals surface area contributed by atoms with Crippen LogP contribution in [0.4, 0.5) is 70.2 Å². The Morgan fingerprint density at radius 2 is 0.700 bits per heavy atom. The molecule has 0 aliphatic heterocycles. The second kappa shape index (κ2) is 13.9. The minimum atomic E-state index is -5.77. The molecular weight excluding hydrogens is 752 g/mol. The van der Waals surface area contributed by atoms with Crippen molar-refractivity contribution < 1.29 is 70.2 Å². The molecule has 0 saturated carbocycles. The topological polar surface area (TPSA) is 0 Å². The maximum absolute atomic E-state index is 15.4. The summed E-state index contributed by atoms with van der Waals surface area (Å²) in [6.45, 7) is 0. The molecule has 50 heavy (non-hydrogen) atoms. The van der Waals surface area contributed by atoms with Crippen molar-refractivity contribution in [2.75, 3.05) is 0 Å². The summed E-state index contributed by atoms with van der Waals surface area (Å²) in [6.07, 6.45) is -27.8. The normalized spacial score (nSPS) is 15.4. The second-order valence-electron chi connectivity index (χ2n) is 10.9. The molecule has 0 heterocycles. The summed E-state index contributed by atoms with van der Waals surface area (Å²) in [5, 5.41) is 0. The lowest BCUT2D eigenvalue weighted by Gasteiger charge is -2.37. The fraction of sp³-hybridized carbons (Fsp3) is 0.250. The van der Waals surface area contributed by atoms with Crippen LogP contribution in [-0.4, -0.2) is 24.7 Å². The van der Waals surface area contributed by atoms with Crippen LogP contribution in [0.5, 0.6) is 0 Å². The molecule has 0 amide bonds. The summed E-state index contributed by atoms with van der Waals surface area (Å²) >= 11 is 0. The van der Waals surface area contributed by atoms with Crippen LogP contribution in [0.25, 0.3) is 0 Å². The monoisotopic (exact) mass is 770 g/mol. The number of halogens is 16. The maximum Gasteiger partial charge on any atom is 0.402 e. The summed E-state index contributed by atoms with van der Waals surface area (Å²) in [5.41, 5.74) is -13.2. The lowest BCUT2D eigenvalue weighted by atomic mass is 9.71. The maximum atomic E-state index is 15.4. The van der Waals surface area contributed by atoms with E-state index in [4.69, 9.17) is 0 Å². The first kappa shape index (κ1) is 39.2. The van der Waals surface area contributed by atoms with E-state index in [0.29, 0.717) is 94.4 Å². The molecule has 18 heteroatoms. The smallest absolute Gasteiger partial charge is 0.207 e. The Hall–Kier alpha value is -3.54. The number of alkyl halides is 12. The van der Waals surface area contributed by atoms with Crippen molar-refractivity contribution in [1.82, 2.24) is 0 Å². The molecule has 0 saturated heterocycles. The molecule has 270 valence electrons. The van der Waals surface area contributed by atoms with Crippen LogP contribution in [0.15, 0.2) is 94.7 Å². The van der Waals surface area contributed by atoms with Crippen molar-refractivity contribution >= 4 is 21.6 Å². The van der Waals surface area contributed by atoms with Gasteiger partial charge in [0.15, 0.2) is 0 Å². The molecule has 2 atom stereocenters. The van der Waals surface area contributed by atoms with Gasteiger partial charge in [-0.3, -0.25) is 0 Å². The van der Waals surface area contributed by atoms with E-state index in [1.54, 1.807) is 0 Å². The Balaban J connectivity index is 1.72. The van der Waals surface area contributed by atoms with Crippen molar-refractivity contribution in [3.63, 3.8) is 0 Å². The summed E-state index contributed by atoms with van der Waals surface area (Å²) in [6, 6.07) is 6.86. The van der Waals surface area contributed by atoms with Crippen LogP contribution in [0.2, 0.25) is 0 Å². The molecular formula is C32H18F16S2. The van der Waals surface area contributed by atoms with Crippen LogP contribution < -0.4 is 0 Å². The zero-order valence-corrected chi connectivity index (χ0v) is 26.0. The van der Waals surface area contributed by atoms with Crippen molar-refractivity contribution in [2.24, 2.45) is 0 Å². The summed E-state index contributed by atoms with van der Waals surface area (Å²) in [4.78, 5) is -0.535. The van der Waals surface area contributed by atoms with Gasteiger partial charge in [0.25, 0.3) is 0 Å². The third-order valence-electron chi connectivity index (χ3n) is 7.61. The first-order valence-corrected chi connectivity index (χ1v) is 15.8. The molecule has 0 nitrogen and oxygen atoms in total. The lowest BCUT2D eigenvalue weighted by molar-refractivity contribution is -0.222. The van der Waals surface area contributed by atoms with Gasteiger partial charge in [0.1, 0.15) is 34.1 Å². The first-order chi connectivity index (χ1) is 22.9. The average molecular weight is 771 g/mol. The molecule has 0 bridgehead atoms. The van der Waals surface area contributed by atoms with Gasteiger partial charge in [-0.05, 0) is 59.7 Å². The zero-order chi connectivity index (χ0) is 37.5. The van der Waals surface area contributed by atoms with Gasteiger partial charge in [-0.2, -0.15) is 52.7 Å². The van der Waals surface area contributed by atoms with Gasteiger partial charge in [0, 0.05) is 20.9 Å². The molecule has 4 rings (SSSR count). The summed E-state index contributed by atoms with van der Waals surface area (Å²) in [5.74, 6) is -5.70. The molecule has 0 aromatic heterocycles. The van der Waals surface area contributed by atoms with Crippen LogP contribution in [-0.2, 0) is 10.8 Å². The molecule has 0 aliphatic carbocycles. The van der Waals surface area contributed by atoms with Crippen LogP contribution in [0, 0.1) is 23.3 Å². The van der Waals surface area contributed by atoms with Gasteiger partial charge in [0.2, 0.25) is 0 Å². The lowest BCUT2D eigenvalue weighted by Crippen LogP contribution is -2.47. The van der Waals surface area contributed by atoms with E-state index in [9.17, 15) is 61.5 Å². The summed E-state index contributed by atoms with van der Waals surface area (Å²) in [7, 11) is 0.948. The SMILES string of the molecule is Fc1ccc(C(CC(F)(F)F)(c2ccc(SSc3ccc(C(CC(F)(F)F)(c4ccc(F)cc4)C(F)(F)F)c(F)c3)cc2F)C(F)(F)F)cc1. The molecule has 2 unspecified atom stereocenters. The molecule has 0 spiro atoms. The summed E-state index contributed by atoms with van der Waals surface area (Å²) < 4.78 is 226. The molecule has 0 aliphatic rings. The van der Waals surface area contributed by atoms with E-state index in [1.807, 2.05) is 0 Å². The number of rotatable bonds is 9. The highest BCUT2D eigenvalue weighted by molar-refractivity contribution is 8.76. The van der Waals surface area contributed by atoms with Gasteiger partial charge in [0.05, 0.1) is 12.8 Å². The minimum Gasteiger partial charge on any atom is -0.207 e. The standard InChI is InChI=1S/C32H18F16S2/c33-19-5-1-17(2-6-19)27(31(43,44)45,15-29(37,38)39)23-11-9-21(13-25(23)35)49-50-22-10-12-24(26(36)14-22)28(32(46,47)48,16-30(40,41)42)18-3-7-20(34)8-4-18/h1-14H,15-16H2. The van der Waals surface area contributed by atoms with Crippen LogP contribution in [0.1, 0.15) is 35.1 Å². The number of hydrogen-bond acceptors (Lipinski definition) is 2. The van der Waals surface area contributed by atoms with Gasteiger partial charge in [-0.25, -0.2) is 17.6 Å². The Labute approximate surface area is 280 Å². The van der Waals surface area contributed by atoms with Crippen molar-refractivity contribution in [2.45, 2.75) is 58.2 Å². The van der Waals surface area contributed by atoms with E-state index in [0.717, 1.165) is 12.1 Å². The fourth-order valence-corrected chi connectivity index (χ4v) is 7.43. The number of hydrogen-bond donors (Lipinski definition) is 0. The van der Waals surface area contributed by atoms with Gasteiger partial charge in [-0.1, -0.05) is 58.0 Å². The van der Waals surface area contributed by atoms with Crippen molar-refractivity contribution in [3.05, 3.63) is 130 Å². The van der Waals surface area contributed by atoms with Gasteiger partial charge >= 0.3 is 24.7 Å².